The maximum atomic E-state index is 10.4. The Bertz CT molecular complexity index is 348. The van der Waals surface area contributed by atoms with Crippen LogP contribution in [0.15, 0.2) is 24.3 Å². The van der Waals surface area contributed by atoms with E-state index in [0.29, 0.717) is 0 Å². The number of nitro benzene ring substituents is 1. The molecule has 5 heteroatoms. The van der Waals surface area contributed by atoms with E-state index in [4.69, 9.17) is 0 Å². The van der Waals surface area contributed by atoms with Crippen molar-refractivity contribution in [3.8, 4) is 0 Å². The molecular weight excluding hydrogens is 174 g/mol. The molecule has 0 amide bonds. The predicted molar refractivity (Wildman–Crippen MR) is 42.5 cm³/mol. The van der Waals surface area contributed by atoms with E-state index < -0.39 is 17.3 Å². The molecule has 13 heavy (non-hydrogen) atoms. The van der Waals surface area contributed by atoms with Crippen molar-refractivity contribution in [3.63, 3.8) is 0 Å². The average molecular weight is 180 g/mol. The van der Waals surface area contributed by atoms with Gasteiger partial charge in [0.1, 0.15) is 0 Å². The van der Waals surface area contributed by atoms with Crippen LogP contribution < -0.4 is 0 Å². The first kappa shape index (κ1) is 9.18. The molecule has 0 aliphatic rings. The monoisotopic (exact) mass is 180 g/mol. The Morgan fingerprint density at radius 3 is 2.54 bits per heavy atom. The fourth-order valence-electron chi connectivity index (χ4n) is 0.994. The van der Waals surface area contributed by atoms with E-state index in [1.807, 2.05) is 0 Å². The van der Waals surface area contributed by atoms with Gasteiger partial charge in [-0.2, -0.15) is 0 Å². The summed E-state index contributed by atoms with van der Waals surface area (Å²) in [5.74, 6) is -1.32. The van der Waals surface area contributed by atoms with Gasteiger partial charge in [0, 0.05) is 11.6 Å². The van der Waals surface area contributed by atoms with Gasteiger partial charge in [-0.05, 0) is 0 Å². The first-order valence-corrected chi connectivity index (χ1v) is 3.53. The second-order valence-electron chi connectivity index (χ2n) is 2.43. The molecule has 0 saturated heterocycles. The van der Waals surface area contributed by atoms with Crippen molar-refractivity contribution in [1.82, 2.24) is 0 Å². The van der Waals surface area contributed by atoms with Gasteiger partial charge in [0.2, 0.25) is 0 Å². The molecule has 0 saturated carbocycles. The largest absolute Gasteiger partial charge is 0.360 e. The molecule has 0 aromatic heterocycles. The van der Waals surface area contributed by atoms with Gasteiger partial charge in [0.05, 0.1) is 11.3 Å². The minimum absolute atomic E-state index is 0.160. The zero-order valence-corrected chi connectivity index (χ0v) is 6.60. The molecule has 0 spiro atoms. The van der Waals surface area contributed by atoms with Crippen LogP contribution in [0.1, 0.15) is 5.56 Å². The number of nitrogens with zero attached hydrogens (tertiary/aromatic N) is 1. The smallest absolute Gasteiger partial charge is 0.258 e. The van der Waals surface area contributed by atoms with Gasteiger partial charge in [-0.15, -0.1) is 0 Å². The van der Waals surface area contributed by atoms with Crippen LogP contribution in [0.4, 0.5) is 5.69 Å². The van der Waals surface area contributed by atoms with Gasteiger partial charge < -0.3 is 0 Å². The summed E-state index contributed by atoms with van der Waals surface area (Å²) in [6.07, 6.45) is -0.433. The standard InChI is InChI=1S/C8H6NO4/c10-8(11)5-6-3-1-2-4-7(6)9(12)13/h1-4H,5H2. The fourth-order valence-corrected chi connectivity index (χ4v) is 0.994. The number of benzene rings is 1. The molecule has 1 aromatic rings. The summed E-state index contributed by atoms with van der Waals surface area (Å²) in [5.41, 5.74) is -0.0285. The second kappa shape index (κ2) is 3.66. The second-order valence-corrected chi connectivity index (χ2v) is 2.43. The lowest BCUT2D eigenvalue weighted by Gasteiger charge is -1.96. The normalized spacial score (nSPS) is 9.54. The van der Waals surface area contributed by atoms with E-state index >= 15 is 0 Å². The highest BCUT2D eigenvalue weighted by molar-refractivity contribution is 5.71. The van der Waals surface area contributed by atoms with Crippen molar-refractivity contribution in [2.75, 3.05) is 0 Å². The van der Waals surface area contributed by atoms with E-state index in [9.17, 15) is 20.0 Å². The van der Waals surface area contributed by atoms with Crippen molar-refractivity contribution in [2.45, 2.75) is 6.42 Å². The topological polar surface area (TPSA) is 80.1 Å². The van der Waals surface area contributed by atoms with Crippen molar-refractivity contribution in [2.24, 2.45) is 0 Å². The fraction of sp³-hybridized carbons (Fsp3) is 0.125. The Balaban J connectivity index is 3.04. The molecule has 0 aliphatic heterocycles. The quantitative estimate of drug-likeness (QED) is 0.515. The van der Waals surface area contributed by atoms with Crippen LogP contribution in [-0.2, 0) is 16.3 Å². The zero-order valence-electron chi connectivity index (χ0n) is 6.60. The average Bonchev–Trinajstić information content (AvgIpc) is 2.03. The van der Waals surface area contributed by atoms with Gasteiger partial charge in [0.25, 0.3) is 5.69 Å². The third-order valence-corrected chi connectivity index (χ3v) is 1.52. The molecule has 0 unspecified atom stereocenters. The molecule has 0 heterocycles. The number of hydrogen-bond acceptors (Lipinski definition) is 3. The number of carbonyl (C=O) groups is 1. The predicted octanol–water partition coefficient (Wildman–Crippen LogP) is 1.09. The number of nitro groups is 1. The first-order valence-electron chi connectivity index (χ1n) is 3.53. The third-order valence-electron chi connectivity index (χ3n) is 1.52. The molecular formula is C8H6NO4. The van der Waals surface area contributed by atoms with Gasteiger partial charge in [-0.25, -0.2) is 9.90 Å². The lowest BCUT2D eigenvalue weighted by atomic mass is 10.1. The summed E-state index contributed by atoms with van der Waals surface area (Å²) in [7, 11) is 0. The van der Waals surface area contributed by atoms with Crippen molar-refractivity contribution in [3.05, 3.63) is 39.9 Å². The SMILES string of the molecule is [O]C(=O)Cc1ccccc1[N+](=O)[O-]. The summed E-state index contributed by atoms with van der Waals surface area (Å²) in [5, 5.41) is 20.6. The summed E-state index contributed by atoms with van der Waals surface area (Å²) < 4.78 is 0. The molecule has 1 rings (SSSR count). The van der Waals surface area contributed by atoms with Crippen LogP contribution in [0.5, 0.6) is 0 Å². The highest BCUT2D eigenvalue weighted by Gasteiger charge is 2.15. The van der Waals surface area contributed by atoms with Crippen LogP contribution in [0.2, 0.25) is 0 Å². The summed E-state index contributed by atoms with van der Waals surface area (Å²) in [6.45, 7) is 0. The van der Waals surface area contributed by atoms with E-state index in [1.165, 1.54) is 18.2 Å². The Labute approximate surface area is 73.8 Å². The maximum Gasteiger partial charge on any atom is 0.360 e. The van der Waals surface area contributed by atoms with Gasteiger partial charge >= 0.3 is 5.97 Å². The minimum Gasteiger partial charge on any atom is -0.258 e. The van der Waals surface area contributed by atoms with Crippen LogP contribution in [0.3, 0.4) is 0 Å². The summed E-state index contributed by atoms with van der Waals surface area (Å²) >= 11 is 0. The van der Waals surface area contributed by atoms with Crippen molar-refractivity contribution in [1.29, 1.82) is 0 Å². The van der Waals surface area contributed by atoms with Crippen molar-refractivity contribution < 1.29 is 14.8 Å². The first-order chi connectivity index (χ1) is 6.11. The molecule has 5 nitrogen and oxygen atoms in total. The van der Waals surface area contributed by atoms with E-state index in [2.05, 4.69) is 0 Å². The molecule has 1 radical (unpaired) electrons. The Hall–Kier alpha value is -1.91. The lowest BCUT2D eigenvalue weighted by molar-refractivity contribution is -0.385. The third kappa shape index (κ3) is 2.26. The summed E-state index contributed by atoms with van der Waals surface area (Å²) in [4.78, 5) is 20.0. The van der Waals surface area contributed by atoms with Crippen LogP contribution in [-0.4, -0.2) is 10.9 Å². The molecule has 0 N–H and O–H groups in total. The molecule has 67 valence electrons. The van der Waals surface area contributed by atoms with Gasteiger partial charge in [0.15, 0.2) is 0 Å². The maximum absolute atomic E-state index is 10.4. The molecule has 0 bridgehead atoms. The van der Waals surface area contributed by atoms with Gasteiger partial charge in [-0.3, -0.25) is 10.1 Å². The van der Waals surface area contributed by atoms with Crippen LogP contribution in [0.25, 0.3) is 0 Å². The van der Waals surface area contributed by atoms with Crippen LogP contribution in [0, 0.1) is 10.1 Å². The summed E-state index contributed by atoms with van der Waals surface area (Å²) in [6, 6.07) is 5.69. The van der Waals surface area contributed by atoms with Crippen LogP contribution >= 0.6 is 0 Å². The molecule has 1 aromatic carbocycles. The van der Waals surface area contributed by atoms with Crippen molar-refractivity contribution >= 4 is 11.7 Å². The Kier molecular flexibility index (Phi) is 2.59. The number of hydrogen-bond donors (Lipinski definition) is 0. The van der Waals surface area contributed by atoms with E-state index in [-0.39, 0.29) is 11.3 Å². The zero-order chi connectivity index (χ0) is 9.84. The highest BCUT2D eigenvalue weighted by Crippen LogP contribution is 2.17. The molecule has 0 atom stereocenters. The lowest BCUT2D eigenvalue weighted by Crippen LogP contribution is -2.02. The van der Waals surface area contributed by atoms with E-state index in [0.717, 1.165) is 0 Å². The molecule has 0 fully saturated rings. The number of carbonyl (C=O) groups excluding carboxylic acids is 1. The Morgan fingerprint density at radius 2 is 2.00 bits per heavy atom. The number of para-hydroxylation sites is 1. The van der Waals surface area contributed by atoms with E-state index in [1.54, 1.807) is 6.07 Å². The minimum atomic E-state index is -1.32. The number of rotatable bonds is 3. The highest BCUT2D eigenvalue weighted by atomic mass is 16.6. The Morgan fingerprint density at radius 1 is 1.38 bits per heavy atom. The molecule has 0 aliphatic carbocycles. The van der Waals surface area contributed by atoms with Gasteiger partial charge in [-0.1, -0.05) is 18.2 Å².